The minimum absolute atomic E-state index is 0.104. The van der Waals surface area contributed by atoms with Gasteiger partial charge in [-0.1, -0.05) is 30.3 Å². The number of amides is 1. The number of rotatable bonds is 7. The second-order valence-corrected chi connectivity index (χ2v) is 12.2. The van der Waals surface area contributed by atoms with Crippen molar-refractivity contribution in [2.75, 3.05) is 31.1 Å². The number of benzene rings is 3. The van der Waals surface area contributed by atoms with E-state index in [-0.39, 0.29) is 29.3 Å². The Balaban J connectivity index is 1.03. The normalized spacial score (nSPS) is 19.5. The molecule has 0 spiro atoms. The number of piperazine rings is 1. The first kappa shape index (κ1) is 30.5. The number of nitriles is 1. The molecule has 8 nitrogen and oxygen atoms in total. The van der Waals surface area contributed by atoms with Crippen LogP contribution in [-0.4, -0.2) is 59.5 Å². The van der Waals surface area contributed by atoms with E-state index in [4.69, 9.17) is 10.00 Å². The van der Waals surface area contributed by atoms with Gasteiger partial charge in [-0.15, -0.1) is 0 Å². The highest BCUT2D eigenvalue weighted by Gasteiger charge is 2.36. The van der Waals surface area contributed by atoms with E-state index in [0.717, 1.165) is 30.8 Å². The van der Waals surface area contributed by atoms with Crippen molar-refractivity contribution in [2.45, 2.75) is 64.3 Å². The third-order valence-electron chi connectivity index (χ3n) is 9.14. The lowest BCUT2D eigenvalue weighted by molar-refractivity contribution is -0.120. The molecule has 1 atom stereocenters. The quantitative estimate of drug-likeness (QED) is 0.354. The minimum atomic E-state index is -0.357. The lowest BCUT2D eigenvalue weighted by Crippen LogP contribution is -2.46. The number of hydrogen-bond acceptors (Lipinski definition) is 7. The third-order valence-corrected chi connectivity index (χ3v) is 9.14. The molecule has 3 aromatic rings. The van der Waals surface area contributed by atoms with Crippen LogP contribution in [0.25, 0.3) is 0 Å². The molecule has 2 heterocycles. The van der Waals surface area contributed by atoms with Crippen LogP contribution in [0.5, 0.6) is 5.75 Å². The lowest BCUT2D eigenvalue weighted by Gasteiger charge is -2.36. The van der Waals surface area contributed by atoms with E-state index in [1.807, 2.05) is 29.2 Å². The Morgan fingerprint density at radius 3 is 2.40 bits per heavy atom. The third kappa shape index (κ3) is 7.07. The summed E-state index contributed by atoms with van der Waals surface area (Å²) in [7, 11) is 0. The Kier molecular flexibility index (Phi) is 9.22. The van der Waals surface area contributed by atoms with Crippen LogP contribution in [0, 0.1) is 17.1 Å². The fraction of sp³-hybridized carbons (Fsp3) is 0.389. The molecule has 232 valence electrons. The van der Waals surface area contributed by atoms with Gasteiger partial charge in [-0.3, -0.25) is 19.3 Å². The van der Waals surface area contributed by atoms with Crippen molar-refractivity contribution in [1.82, 2.24) is 9.80 Å². The number of hydrogen-bond donors (Lipinski definition) is 0. The van der Waals surface area contributed by atoms with Crippen molar-refractivity contribution in [1.29, 1.82) is 5.26 Å². The molecule has 0 radical (unpaired) electrons. The maximum Gasteiger partial charge on any atom is 0.254 e. The Morgan fingerprint density at radius 2 is 1.64 bits per heavy atom. The van der Waals surface area contributed by atoms with Gasteiger partial charge in [-0.05, 0) is 54.3 Å². The van der Waals surface area contributed by atoms with Crippen LogP contribution in [0.4, 0.5) is 10.1 Å². The molecule has 0 unspecified atom stereocenters. The molecule has 1 aliphatic carbocycles. The first-order chi connectivity index (χ1) is 21.9. The maximum absolute atomic E-state index is 14.5. The van der Waals surface area contributed by atoms with E-state index in [1.165, 1.54) is 11.6 Å². The maximum atomic E-state index is 14.5. The molecule has 0 aromatic heterocycles. The van der Waals surface area contributed by atoms with E-state index in [1.54, 1.807) is 17.0 Å². The summed E-state index contributed by atoms with van der Waals surface area (Å²) in [6.07, 6.45) is 2.62. The highest BCUT2D eigenvalue weighted by atomic mass is 19.1. The molecule has 3 aliphatic rings. The molecule has 2 aliphatic heterocycles. The summed E-state index contributed by atoms with van der Waals surface area (Å²) in [6, 6.07) is 20.2. The number of ether oxygens (including phenoxy) is 1. The first-order valence-electron chi connectivity index (χ1n) is 15.7. The number of ketones is 2. The van der Waals surface area contributed by atoms with Crippen LogP contribution in [0.1, 0.15) is 71.1 Å². The second kappa shape index (κ2) is 13.6. The van der Waals surface area contributed by atoms with Crippen LogP contribution in [0.15, 0.2) is 60.7 Å². The predicted molar refractivity (Wildman–Crippen MR) is 167 cm³/mol. The Hall–Kier alpha value is -4.55. The lowest BCUT2D eigenvalue weighted by atomic mass is 10.0. The Bertz CT molecular complexity index is 1620. The monoisotopic (exact) mass is 608 g/mol. The van der Waals surface area contributed by atoms with Crippen LogP contribution in [0.2, 0.25) is 0 Å². The number of nitrogens with zero attached hydrogens (tertiary/aromatic N) is 4. The SMILES string of the molecule is N#Cc1ccc(N2CCN(Cc3ccc(COc4cccc5c4CN([C@H]4CCC(=O)CCCC(=O)C4)C5=O)cc3)CC2)c(F)c1. The summed E-state index contributed by atoms with van der Waals surface area (Å²) in [5.41, 5.74) is 4.50. The number of halogens is 1. The molecule has 1 amide bonds. The topological polar surface area (TPSA) is 93.9 Å². The summed E-state index contributed by atoms with van der Waals surface area (Å²) in [4.78, 5) is 44.2. The number of carbonyl (C=O) groups is 3. The molecule has 0 N–H and O–H groups in total. The number of Topliss-reactive ketones (excluding diaryl/α,β-unsaturated/α-hetero) is 2. The number of anilines is 1. The van der Waals surface area contributed by atoms with Gasteiger partial charge < -0.3 is 14.5 Å². The van der Waals surface area contributed by atoms with E-state index in [0.29, 0.717) is 87.3 Å². The van der Waals surface area contributed by atoms with Gasteiger partial charge >= 0.3 is 0 Å². The molecule has 0 bridgehead atoms. The average Bonchev–Trinajstić information content (AvgIpc) is 3.42. The Labute approximate surface area is 263 Å². The van der Waals surface area contributed by atoms with Gasteiger partial charge in [0, 0.05) is 75.6 Å². The van der Waals surface area contributed by atoms with Crippen molar-refractivity contribution in [3.8, 4) is 11.8 Å². The van der Waals surface area contributed by atoms with E-state index >= 15 is 0 Å². The van der Waals surface area contributed by atoms with Gasteiger partial charge in [0.2, 0.25) is 0 Å². The molecule has 9 heteroatoms. The second-order valence-electron chi connectivity index (χ2n) is 12.2. The summed E-state index contributed by atoms with van der Waals surface area (Å²) >= 11 is 0. The van der Waals surface area contributed by atoms with E-state index in [2.05, 4.69) is 29.2 Å². The Morgan fingerprint density at radius 1 is 0.889 bits per heavy atom. The zero-order valence-electron chi connectivity index (χ0n) is 25.3. The number of carbonyl (C=O) groups excluding carboxylic acids is 3. The fourth-order valence-electron chi connectivity index (χ4n) is 6.56. The molecule has 1 saturated carbocycles. The van der Waals surface area contributed by atoms with Gasteiger partial charge in [0.25, 0.3) is 5.91 Å². The van der Waals surface area contributed by atoms with Crippen LogP contribution >= 0.6 is 0 Å². The number of fused-ring (bicyclic) bond motifs is 1. The van der Waals surface area contributed by atoms with Crippen molar-refractivity contribution in [3.05, 3.63) is 94.3 Å². The van der Waals surface area contributed by atoms with Gasteiger partial charge in [0.15, 0.2) is 0 Å². The van der Waals surface area contributed by atoms with E-state index in [9.17, 15) is 18.8 Å². The summed E-state index contributed by atoms with van der Waals surface area (Å²) in [5, 5.41) is 8.99. The zero-order chi connectivity index (χ0) is 31.3. The summed E-state index contributed by atoms with van der Waals surface area (Å²) < 4.78 is 20.7. The molecular weight excluding hydrogens is 571 g/mol. The highest BCUT2D eigenvalue weighted by Crippen LogP contribution is 2.34. The average molecular weight is 609 g/mol. The van der Waals surface area contributed by atoms with Gasteiger partial charge in [-0.25, -0.2) is 4.39 Å². The molecule has 1 saturated heterocycles. The molecule has 6 rings (SSSR count). The minimum Gasteiger partial charge on any atom is -0.489 e. The standard InChI is InChI=1S/C36H37FN4O4/c37-33-19-27(21-38)11-14-34(33)40-17-15-39(16-18-40)22-25-7-9-26(10-8-25)24-45-35-6-2-5-31-32(35)23-41(36(31)44)28-12-13-29(42)3-1-4-30(43)20-28/h2,5-11,14,19,28H,1,3-4,12-13,15-18,20,22-24H2/t28-/m0/s1. The van der Waals surface area contributed by atoms with Crippen molar-refractivity contribution >= 4 is 23.2 Å². The zero-order valence-corrected chi connectivity index (χ0v) is 25.3. The van der Waals surface area contributed by atoms with E-state index < -0.39 is 0 Å². The largest absolute Gasteiger partial charge is 0.489 e. The van der Waals surface area contributed by atoms with Crippen molar-refractivity contribution < 1.29 is 23.5 Å². The molecule has 45 heavy (non-hydrogen) atoms. The highest BCUT2D eigenvalue weighted by molar-refractivity contribution is 5.99. The molecular formula is C36H37FN4O4. The summed E-state index contributed by atoms with van der Waals surface area (Å²) in [5.74, 6) is 0.470. The van der Waals surface area contributed by atoms with Crippen molar-refractivity contribution in [2.24, 2.45) is 0 Å². The molecule has 2 fully saturated rings. The smallest absolute Gasteiger partial charge is 0.254 e. The summed E-state index contributed by atoms with van der Waals surface area (Å²) in [6.45, 7) is 4.58. The van der Waals surface area contributed by atoms with Gasteiger partial charge in [0.1, 0.15) is 29.7 Å². The van der Waals surface area contributed by atoms with Gasteiger partial charge in [-0.2, -0.15) is 5.26 Å². The first-order valence-corrected chi connectivity index (χ1v) is 15.7. The predicted octanol–water partition coefficient (Wildman–Crippen LogP) is 5.42. The van der Waals surface area contributed by atoms with Gasteiger partial charge in [0.05, 0.1) is 23.9 Å². The fourth-order valence-corrected chi connectivity index (χ4v) is 6.56. The van der Waals surface area contributed by atoms with Crippen molar-refractivity contribution in [3.63, 3.8) is 0 Å². The van der Waals surface area contributed by atoms with Crippen LogP contribution in [-0.2, 0) is 29.3 Å². The van der Waals surface area contributed by atoms with Crippen LogP contribution in [0.3, 0.4) is 0 Å². The van der Waals surface area contributed by atoms with Crippen LogP contribution < -0.4 is 9.64 Å². The molecule has 3 aromatic carbocycles.